The zero-order valence-electron chi connectivity index (χ0n) is 9.66. The molecular formula is C11H24N2O. The van der Waals surface area contributed by atoms with Crippen molar-refractivity contribution in [2.45, 2.75) is 19.9 Å². The van der Waals surface area contributed by atoms with Crippen molar-refractivity contribution in [2.75, 3.05) is 33.3 Å². The molecule has 3 nitrogen and oxygen atoms in total. The van der Waals surface area contributed by atoms with E-state index in [4.69, 9.17) is 5.11 Å². The molecule has 1 atom stereocenters. The van der Waals surface area contributed by atoms with E-state index in [1.54, 1.807) is 0 Å². The van der Waals surface area contributed by atoms with Gasteiger partial charge in [-0.2, -0.15) is 0 Å². The van der Waals surface area contributed by atoms with Crippen LogP contribution in [0.1, 0.15) is 13.8 Å². The molecule has 0 aromatic carbocycles. The average molecular weight is 200 g/mol. The van der Waals surface area contributed by atoms with Crippen molar-refractivity contribution in [3.63, 3.8) is 0 Å². The van der Waals surface area contributed by atoms with E-state index in [2.05, 4.69) is 30.6 Å². The largest absolute Gasteiger partial charge is 0.395 e. The molecule has 0 aromatic rings. The molecule has 0 amide bonds. The van der Waals surface area contributed by atoms with Crippen LogP contribution >= 0.6 is 0 Å². The molecule has 0 spiro atoms. The van der Waals surface area contributed by atoms with Gasteiger partial charge in [-0.25, -0.2) is 0 Å². The first-order valence-electron chi connectivity index (χ1n) is 5.27. The number of aliphatic hydroxyl groups is 1. The summed E-state index contributed by atoms with van der Waals surface area (Å²) in [4.78, 5) is 2.26. The van der Waals surface area contributed by atoms with Gasteiger partial charge in [0.05, 0.1) is 6.61 Å². The first-order chi connectivity index (χ1) is 6.67. The van der Waals surface area contributed by atoms with E-state index in [-0.39, 0.29) is 6.61 Å². The fraction of sp³-hybridized carbons (Fsp3) is 0.818. The molecule has 0 aliphatic carbocycles. The summed E-state index contributed by atoms with van der Waals surface area (Å²) >= 11 is 0. The van der Waals surface area contributed by atoms with Crippen molar-refractivity contribution in [3.05, 3.63) is 12.7 Å². The van der Waals surface area contributed by atoms with Crippen LogP contribution in [0.3, 0.4) is 0 Å². The Morgan fingerprint density at radius 3 is 2.50 bits per heavy atom. The highest BCUT2D eigenvalue weighted by atomic mass is 16.3. The maximum atomic E-state index is 8.97. The van der Waals surface area contributed by atoms with E-state index in [0.717, 1.165) is 19.6 Å². The van der Waals surface area contributed by atoms with Crippen LogP contribution in [0.25, 0.3) is 0 Å². The Balaban J connectivity index is 4.28. The predicted octanol–water partition coefficient (Wildman–Crippen LogP) is 0.711. The number of aliphatic hydroxyl groups excluding tert-OH is 1. The zero-order chi connectivity index (χ0) is 11.0. The predicted molar refractivity (Wildman–Crippen MR) is 61.4 cm³/mol. The summed E-state index contributed by atoms with van der Waals surface area (Å²) in [6, 6.07) is 0.463. The molecule has 0 bridgehead atoms. The fourth-order valence-electron chi connectivity index (χ4n) is 1.68. The van der Waals surface area contributed by atoms with Gasteiger partial charge in [-0.05, 0) is 13.0 Å². The van der Waals surface area contributed by atoms with Crippen molar-refractivity contribution in [1.29, 1.82) is 0 Å². The molecule has 0 rings (SSSR count). The fourth-order valence-corrected chi connectivity index (χ4v) is 1.68. The van der Waals surface area contributed by atoms with Crippen molar-refractivity contribution in [3.8, 4) is 0 Å². The molecule has 3 heteroatoms. The second kappa shape index (κ2) is 7.97. The monoisotopic (exact) mass is 200 g/mol. The lowest BCUT2D eigenvalue weighted by molar-refractivity contribution is 0.134. The van der Waals surface area contributed by atoms with E-state index < -0.39 is 0 Å². The number of nitrogens with zero attached hydrogens (tertiary/aromatic N) is 1. The molecule has 0 saturated carbocycles. The Morgan fingerprint density at radius 1 is 1.50 bits per heavy atom. The van der Waals surface area contributed by atoms with Crippen LogP contribution < -0.4 is 5.32 Å². The van der Waals surface area contributed by atoms with Crippen LogP contribution in [-0.2, 0) is 0 Å². The molecule has 0 aliphatic rings. The number of hydrogen-bond acceptors (Lipinski definition) is 3. The van der Waals surface area contributed by atoms with Gasteiger partial charge in [0.1, 0.15) is 0 Å². The third-order valence-electron chi connectivity index (χ3n) is 2.40. The molecular weight excluding hydrogens is 176 g/mol. The van der Waals surface area contributed by atoms with Crippen molar-refractivity contribution in [2.24, 2.45) is 5.92 Å². The number of rotatable bonds is 8. The summed E-state index contributed by atoms with van der Waals surface area (Å²) < 4.78 is 0. The Morgan fingerprint density at radius 2 is 2.14 bits per heavy atom. The lowest BCUT2D eigenvalue weighted by Gasteiger charge is -2.33. The highest BCUT2D eigenvalue weighted by Crippen LogP contribution is 2.09. The Labute approximate surface area is 87.8 Å². The van der Waals surface area contributed by atoms with Crippen molar-refractivity contribution < 1.29 is 5.11 Å². The molecule has 0 aliphatic heterocycles. The smallest absolute Gasteiger partial charge is 0.0558 e. The van der Waals surface area contributed by atoms with Crippen molar-refractivity contribution >= 4 is 0 Å². The lowest BCUT2D eigenvalue weighted by atomic mass is 10.0. The van der Waals surface area contributed by atoms with Crippen LogP contribution in [0, 0.1) is 5.92 Å². The van der Waals surface area contributed by atoms with E-state index >= 15 is 0 Å². The van der Waals surface area contributed by atoms with Crippen LogP contribution in [0.5, 0.6) is 0 Å². The third-order valence-corrected chi connectivity index (χ3v) is 2.40. The number of nitrogens with one attached hydrogen (secondary N) is 1. The van der Waals surface area contributed by atoms with Gasteiger partial charge in [0, 0.05) is 25.7 Å². The quantitative estimate of drug-likeness (QED) is 0.567. The number of likely N-dealkylation sites (N-methyl/N-ethyl adjacent to an activating group) is 1. The molecule has 14 heavy (non-hydrogen) atoms. The van der Waals surface area contributed by atoms with Gasteiger partial charge in [-0.1, -0.05) is 19.9 Å². The molecule has 0 radical (unpaired) electrons. The summed E-state index contributed by atoms with van der Waals surface area (Å²) in [6.45, 7) is 10.9. The Hall–Kier alpha value is -0.380. The van der Waals surface area contributed by atoms with Crippen LogP contribution in [0.4, 0.5) is 0 Å². The first kappa shape index (κ1) is 13.6. The second-order valence-electron chi connectivity index (χ2n) is 3.88. The minimum absolute atomic E-state index is 0.209. The van der Waals surface area contributed by atoms with Gasteiger partial charge in [0.25, 0.3) is 0 Å². The maximum Gasteiger partial charge on any atom is 0.0558 e. The minimum atomic E-state index is 0.209. The summed E-state index contributed by atoms with van der Waals surface area (Å²) in [5.74, 6) is 0.578. The van der Waals surface area contributed by atoms with Crippen LogP contribution in [-0.4, -0.2) is 49.3 Å². The molecule has 1 unspecified atom stereocenters. The van der Waals surface area contributed by atoms with Gasteiger partial charge in [-0.15, -0.1) is 6.58 Å². The van der Waals surface area contributed by atoms with Crippen molar-refractivity contribution in [1.82, 2.24) is 10.2 Å². The Bertz CT molecular complexity index is 148. The molecule has 0 saturated heterocycles. The molecule has 2 N–H and O–H groups in total. The van der Waals surface area contributed by atoms with Gasteiger partial charge < -0.3 is 10.4 Å². The van der Waals surface area contributed by atoms with Gasteiger partial charge in [0.2, 0.25) is 0 Å². The summed E-state index contributed by atoms with van der Waals surface area (Å²) in [6.07, 6.45) is 1.89. The summed E-state index contributed by atoms with van der Waals surface area (Å²) in [5, 5.41) is 12.2. The van der Waals surface area contributed by atoms with Crippen LogP contribution in [0.15, 0.2) is 12.7 Å². The van der Waals surface area contributed by atoms with E-state index in [1.807, 2.05) is 13.1 Å². The molecule has 84 valence electrons. The third kappa shape index (κ3) is 4.74. The normalized spacial score (nSPS) is 13.6. The number of hydrogen-bond donors (Lipinski definition) is 2. The highest BCUT2D eigenvalue weighted by Gasteiger charge is 2.19. The molecule has 0 heterocycles. The van der Waals surface area contributed by atoms with E-state index in [0.29, 0.717) is 12.0 Å². The molecule has 0 aromatic heterocycles. The lowest BCUT2D eigenvalue weighted by Crippen LogP contribution is -2.46. The topological polar surface area (TPSA) is 35.5 Å². The minimum Gasteiger partial charge on any atom is -0.395 e. The highest BCUT2D eigenvalue weighted by molar-refractivity contribution is 4.82. The van der Waals surface area contributed by atoms with E-state index in [9.17, 15) is 0 Å². The van der Waals surface area contributed by atoms with Gasteiger partial charge in [0.15, 0.2) is 0 Å². The van der Waals surface area contributed by atoms with Gasteiger partial charge >= 0.3 is 0 Å². The van der Waals surface area contributed by atoms with Gasteiger partial charge in [-0.3, -0.25) is 4.90 Å². The molecule has 0 fully saturated rings. The van der Waals surface area contributed by atoms with E-state index in [1.165, 1.54) is 0 Å². The summed E-state index contributed by atoms with van der Waals surface area (Å²) in [7, 11) is 1.96. The summed E-state index contributed by atoms with van der Waals surface area (Å²) in [5.41, 5.74) is 0. The SMILES string of the molecule is C=CCN(CCO)C(CNC)C(C)C. The average Bonchev–Trinajstić information content (AvgIpc) is 2.13. The van der Waals surface area contributed by atoms with Crippen LogP contribution in [0.2, 0.25) is 0 Å². The zero-order valence-corrected chi connectivity index (χ0v) is 9.66. The first-order valence-corrected chi connectivity index (χ1v) is 5.27. The standard InChI is InChI=1S/C11H24N2O/c1-5-6-13(7-8-14)11(9-12-4)10(2)3/h5,10-12,14H,1,6-9H2,2-4H3. The maximum absolute atomic E-state index is 8.97. The Kier molecular flexibility index (Phi) is 7.76. The second-order valence-corrected chi connectivity index (χ2v) is 3.88.